The van der Waals surface area contributed by atoms with E-state index in [2.05, 4.69) is 39.8 Å². The van der Waals surface area contributed by atoms with E-state index in [0.717, 1.165) is 26.1 Å². The summed E-state index contributed by atoms with van der Waals surface area (Å²) in [5.41, 5.74) is 2.85. The second kappa shape index (κ2) is 8.76. The molecule has 0 aromatic heterocycles. The Labute approximate surface area is 132 Å². The van der Waals surface area contributed by atoms with Crippen LogP contribution in [-0.2, 0) is 13.0 Å². The van der Waals surface area contributed by atoms with E-state index in [1.54, 1.807) is 0 Å². The highest BCUT2D eigenvalue weighted by atomic mass is 16.3. The lowest BCUT2D eigenvalue weighted by atomic mass is 10.00. The molecular weight excluding hydrogens is 278 g/mol. The minimum absolute atomic E-state index is 0.123. The molecule has 0 radical (unpaired) electrons. The molecule has 1 heterocycles. The molecule has 2 amide bonds. The number of nitrogens with one attached hydrogen (secondary N) is 2. The average Bonchev–Trinajstić information content (AvgIpc) is 2.53. The summed E-state index contributed by atoms with van der Waals surface area (Å²) in [6.45, 7) is 6.32. The van der Waals surface area contributed by atoms with Gasteiger partial charge < -0.3 is 15.7 Å². The highest BCUT2D eigenvalue weighted by molar-refractivity contribution is 5.73. The van der Waals surface area contributed by atoms with Crippen molar-refractivity contribution in [2.24, 2.45) is 5.92 Å². The molecular formula is C17H27N3O2. The Morgan fingerprint density at radius 3 is 2.86 bits per heavy atom. The van der Waals surface area contributed by atoms with E-state index in [-0.39, 0.29) is 12.6 Å². The number of benzene rings is 1. The van der Waals surface area contributed by atoms with Crippen LogP contribution in [0.4, 0.5) is 4.79 Å². The molecule has 5 nitrogen and oxygen atoms in total. The third-order valence-corrected chi connectivity index (χ3v) is 4.16. The lowest BCUT2D eigenvalue weighted by molar-refractivity contribution is 0.226. The van der Waals surface area contributed by atoms with Crippen molar-refractivity contribution in [1.82, 2.24) is 15.5 Å². The fraction of sp³-hybridized carbons (Fsp3) is 0.588. The van der Waals surface area contributed by atoms with Crippen molar-refractivity contribution < 1.29 is 9.90 Å². The predicted molar refractivity (Wildman–Crippen MR) is 87.7 cm³/mol. The fourth-order valence-corrected chi connectivity index (χ4v) is 2.72. The van der Waals surface area contributed by atoms with Gasteiger partial charge in [0.05, 0.1) is 0 Å². The van der Waals surface area contributed by atoms with E-state index in [9.17, 15) is 4.79 Å². The van der Waals surface area contributed by atoms with Crippen LogP contribution in [0.2, 0.25) is 0 Å². The molecule has 1 atom stereocenters. The van der Waals surface area contributed by atoms with Gasteiger partial charge >= 0.3 is 6.03 Å². The maximum absolute atomic E-state index is 11.7. The Morgan fingerprint density at radius 2 is 2.09 bits per heavy atom. The van der Waals surface area contributed by atoms with Crippen molar-refractivity contribution in [2.75, 3.05) is 32.8 Å². The summed E-state index contributed by atoms with van der Waals surface area (Å²) in [7, 11) is 0. The van der Waals surface area contributed by atoms with Gasteiger partial charge in [0.1, 0.15) is 0 Å². The molecule has 1 aromatic rings. The lowest BCUT2D eigenvalue weighted by Gasteiger charge is -2.28. The number of fused-ring (bicyclic) bond motifs is 1. The van der Waals surface area contributed by atoms with E-state index in [0.29, 0.717) is 25.4 Å². The standard InChI is InChI=1S/C17H27N3O2/c1-14(7-11-21)12-19-17(22)18-8-10-20-9-6-15-4-2-3-5-16(15)13-20/h2-5,14,21H,6-13H2,1H3,(H2,18,19,22). The molecule has 0 saturated heterocycles. The summed E-state index contributed by atoms with van der Waals surface area (Å²) in [6.07, 6.45) is 1.80. The lowest BCUT2D eigenvalue weighted by Crippen LogP contribution is -2.42. The number of carbonyl (C=O) groups is 1. The van der Waals surface area contributed by atoms with Crippen LogP contribution < -0.4 is 10.6 Å². The van der Waals surface area contributed by atoms with Crippen molar-refractivity contribution in [3.63, 3.8) is 0 Å². The van der Waals surface area contributed by atoms with Crippen LogP contribution in [0.25, 0.3) is 0 Å². The van der Waals surface area contributed by atoms with Gasteiger partial charge in [-0.3, -0.25) is 4.90 Å². The second-order valence-electron chi connectivity index (χ2n) is 6.05. The highest BCUT2D eigenvalue weighted by Crippen LogP contribution is 2.17. The first-order valence-corrected chi connectivity index (χ1v) is 8.10. The average molecular weight is 305 g/mol. The third-order valence-electron chi connectivity index (χ3n) is 4.16. The molecule has 0 bridgehead atoms. The largest absolute Gasteiger partial charge is 0.396 e. The van der Waals surface area contributed by atoms with E-state index in [1.807, 2.05) is 6.92 Å². The van der Waals surface area contributed by atoms with E-state index < -0.39 is 0 Å². The number of aliphatic hydroxyl groups is 1. The molecule has 1 aliphatic rings. The number of hydrogen-bond donors (Lipinski definition) is 3. The smallest absolute Gasteiger partial charge is 0.314 e. The minimum atomic E-state index is -0.123. The molecule has 22 heavy (non-hydrogen) atoms. The molecule has 1 unspecified atom stereocenters. The minimum Gasteiger partial charge on any atom is -0.396 e. The summed E-state index contributed by atoms with van der Waals surface area (Å²) in [4.78, 5) is 14.1. The molecule has 1 aliphatic heterocycles. The number of carbonyl (C=O) groups excluding carboxylic acids is 1. The predicted octanol–water partition coefficient (Wildman–Crippen LogP) is 1.36. The van der Waals surface area contributed by atoms with Crippen molar-refractivity contribution in [1.29, 1.82) is 0 Å². The van der Waals surface area contributed by atoms with Crippen molar-refractivity contribution >= 4 is 6.03 Å². The topological polar surface area (TPSA) is 64.6 Å². The molecule has 0 saturated carbocycles. The second-order valence-corrected chi connectivity index (χ2v) is 6.05. The normalized spacial score (nSPS) is 15.9. The first-order valence-electron chi connectivity index (χ1n) is 8.10. The first-order chi connectivity index (χ1) is 10.7. The molecule has 0 fully saturated rings. The van der Waals surface area contributed by atoms with Gasteiger partial charge in [0.2, 0.25) is 0 Å². The Hall–Kier alpha value is -1.59. The first kappa shape index (κ1) is 16.8. The van der Waals surface area contributed by atoms with Crippen LogP contribution in [0.5, 0.6) is 0 Å². The van der Waals surface area contributed by atoms with Gasteiger partial charge in [-0.1, -0.05) is 31.2 Å². The number of nitrogens with zero attached hydrogens (tertiary/aromatic N) is 1. The summed E-state index contributed by atoms with van der Waals surface area (Å²) >= 11 is 0. The monoisotopic (exact) mass is 305 g/mol. The maximum Gasteiger partial charge on any atom is 0.314 e. The third kappa shape index (κ3) is 5.31. The Bertz CT molecular complexity index is 479. The number of hydrogen-bond acceptors (Lipinski definition) is 3. The molecule has 122 valence electrons. The van der Waals surface area contributed by atoms with Crippen LogP contribution in [0.3, 0.4) is 0 Å². The fourth-order valence-electron chi connectivity index (χ4n) is 2.72. The van der Waals surface area contributed by atoms with Gasteiger partial charge in [-0.15, -0.1) is 0 Å². The molecule has 1 aromatic carbocycles. The zero-order valence-electron chi connectivity index (χ0n) is 13.3. The van der Waals surface area contributed by atoms with Crippen LogP contribution >= 0.6 is 0 Å². The quantitative estimate of drug-likeness (QED) is 0.713. The van der Waals surface area contributed by atoms with Gasteiger partial charge in [-0.25, -0.2) is 4.79 Å². The molecule has 0 spiro atoms. The molecule has 0 aliphatic carbocycles. The van der Waals surface area contributed by atoms with E-state index in [1.165, 1.54) is 11.1 Å². The Balaban J connectivity index is 1.62. The van der Waals surface area contributed by atoms with Gasteiger partial charge in [0, 0.05) is 39.3 Å². The highest BCUT2D eigenvalue weighted by Gasteiger charge is 2.15. The summed E-state index contributed by atoms with van der Waals surface area (Å²) in [6, 6.07) is 8.44. The van der Waals surface area contributed by atoms with Gasteiger partial charge in [0.25, 0.3) is 0 Å². The van der Waals surface area contributed by atoms with Gasteiger partial charge in [0.15, 0.2) is 0 Å². The maximum atomic E-state index is 11.7. The van der Waals surface area contributed by atoms with E-state index >= 15 is 0 Å². The van der Waals surface area contributed by atoms with Crippen molar-refractivity contribution in [3.8, 4) is 0 Å². The van der Waals surface area contributed by atoms with E-state index in [4.69, 9.17) is 5.11 Å². The van der Waals surface area contributed by atoms with Crippen LogP contribution in [0.1, 0.15) is 24.5 Å². The summed E-state index contributed by atoms with van der Waals surface area (Å²) in [5.74, 6) is 0.300. The summed E-state index contributed by atoms with van der Waals surface area (Å²) in [5, 5.41) is 14.6. The molecule has 5 heteroatoms. The molecule has 2 rings (SSSR count). The number of aliphatic hydroxyl groups excluding tert-OH is 1. The Morgan fingerprint density at radius 1 is 1.32 bits per heavy atom. The Kier molecular flexibility index (Phi) is 6.68. The van der Waals surface area contributed by atoms with Crippen molar-refractivity contribution in [3.05, 3.63) is 35.4 Å². The van der Waals surface area contributed by atoms with Crippen LogP contribution in [0.15, 0.2) is 24.3 Å². The number of rotatable bonds is 7. The van der Waals surface area contributed by atoms with Gasteiger partial charge in [-0.2, -0.15) is 0 Å². The molecule has 3 N–H and O–H groups in total. The van der Waals surface area contributed by atoms with Crippen LogP contribution in [0, 0.1) is 5.92 Å². The SMILES string of the molecule is CC(CCO)CNC(=O)NCCN1CCc2ccccc2C1. The number of urea groups is 1. The zero-order chi connectivity index (χ0) is 15.8. The van der Waals surface area contributed by atoms with Gasteiger partial charge in [-0.05, 0) is 29.9 Å². The summed E-state index contributed by atoms with van der Waals surface area (Å²) < 4.78 is 0. The zero-order valence-corrected chi connectivity index (χ0v) is 13.3. The van der Waals surface area contributed by atoms with Crippen LogP contribution in [-0.4, -0.2) is 48.8 Å². The van der Waals surface area contributed by atoms with Crippen molar-refractivity contribution in [2.45, 2.75) is 26.3 Å². The number of amides is 2.